The lowest BCUT2D eigenvalue weighted by Crippen LogP contribution is -2.40. The SMILES string of the molecule is O=C1C(=O)N(C2CCS(=O)(=O)C2)C(c2ccccc2F)C1=C(O)c1ccc(Cl)cc1. The number of carbonyl (C=O) groups excluding carboxylic acids is 2. The van der Waals surface area contributed by atoms with Crippen LogP contribution < -0.4 is 0 Å². The quantitative estimate of drug-likeness (QED) is 0.441. The second kappa shape index (κ2) is 7.52. The lowest BCUT2D eigenvalue weighted by atomic mass is 9.94. The summed E-state index contributed by atoms with van der Waals surface area (Å²) in [6.07, 6.45) is 0.140. The maximum atomic E-state index is 14.7. The van der Waals surface area contributed by atoms with E-state index in [1.54, 1.807) is 6.07 Å². The van der Waals surface area contributed by atoms with Crippen molar-refractivity contribution in [3.05, 3.63) is 76.1 Å². The predicted molar refractivity (Wildman–Crippen MR) is 109 cm³/mol. The molecule has 0 spiro atoms. The average molecular weight is 450 g/mol. The minimum Gasteiger partial charge on any atom is -0.507 e. The van der Waals surface area contributed by atoms with E-state index in [9.17, 15) is 27.5 Å². The van der Waals surface area contributed by atoms with Gasteiger partial charge in [-0.3, -0.25) is 9.59 Å². The van der Waals surface area contributed by atoms with E-state index in [4.69, 9.17) is 11.6 Å². The van der Waals surface area contributed by atoms with E-state index in [1.165, 1.54) is 42.5 Å². The largest absolute Gasteiger partial charge is 0.507 e. The molecule has 2 atom stereocenters. The Morgan fingerprint density at radius 1 is 1.10 bits per heavy atom. The number of likely N-dealkylation sites (tertiary alicyclic amines) is 1. The van der Waals surface area contributed by atoms with Crippen molar-refractivity contribution in [2.24, 2.45) is 0 Å². The van der Waals surface area contributed by atoms with Crippen molar-refractivity contribution in [1.82, 2.24) is 4.90 Å². The van der Waals surface area contributed by atoms with Crippen molar-refractivity contribution in [1.29, 1.82) is 0 Å². The molecule has 0 aromatic heterocycles. The van der Waals surface area contributed by atoms with Crippen LogP contribution in [0.3, 0.4) is 0 Å². The van der Waals surface area contributed by atoms with Crippen molar-refractivity contribution in [3.63, 3.8) is 0 Å². The zero-order valence-electron chi connectivity index (χ0n) is 15.6. The highest BCUT2D eigenvalue weighted by Gasteiger charge is 2.51. The maximum absolute atomic E-state index is 14.7. The number of carbonyl (C=O) groups is 2. The number of Topliss-reactive ketones (excluding diaryl/α,β-unsaturated/α-hetero) is 1. The molecule has 2 heterocycles. The number of nitrogens with zero attached hydrogens (tertiary/aromatic N) is 1. The molecule has 0 saturated carbocycles. The molecule has 0 aliphatic carbocycles. The summed E-state index contributed by atoms with van der Waals surface area (Å²) in [6, 6.07) is 9.55. The van der Waals surface area contributed by atoms with E-state index in [0.29, 0.717) is 5.02 Å². The zero-order chi connectivity index (χ0) is 21.6. The molecule has 6 nitrogen and oxygen atoms in total. The molecular formula is C21H17ClFNO5S. The summed E-state index contributed by atoms with van der Waals surface area (Å²) in [4.78, 5) is 26.9. The van der Waals surface area contributed by atoms with Crippen molar-refractivity contribution < 1.29 is 27.5 Å². The van der Waals surface area contributed by atoms with Gasteiger partial charge in [-0.25, -0.2) is 12.8 Å². The Labute approximate surface area is 177 Å². The molecule has 2 aliphatic rings. The highest BCUT2D eigenvalue weighted by molar-refractivity contribution is 7.91. The second-order valence-corrected chi connectivity index (χ2v) is 9.96. The Bertz CT molecular complexity index is 1180. The third-order valence-electron chi connectivity index (χ3n) is 5.40. The molecule has 1 amide bonds. The van der Waals surface area contributed by atoms with E-state index in [0.717, 1.165) is 4.90 Å². The summed E-state index contributed by atoms with van der Waals surface area (Å²) in [5, 5.41) is 11.3. The Morgan fingerprint density at radius 3 is 2.37 bits per heavy atom. The summed E-state index contributed by atoms with van der Waals surface area (Å²) >= 11 is 5.88. The lowest BCUT2D eigenvalue weighted by Gasteiger charge is -2.30. The molecule has 4 rings (SSSR count). The van der Waals surface area contributed by atoms with E-state index >= 15 is 0 Å². The van der Waals surface area contributed by atoms with Crippen LogP contribution in [0.1, 0.15) is 23.6 Å². The first-order valence-corrected chi connectivity index (χ1v) is 11.4. The Kier molecular flexibility index (Phi) is 5.15. The normalized spacial score (nSPS) is 25.1. The Morgan fingerprint density at radius 2 is 1.77 bits per heavy atom. The Hall–Kier alpha value is -2.71. The Balaban J connectivity index is 1.91. The van der Waals surface area contributed by atoms with E-state index < -0.39 is 45.2 Å². The van der Waals surface area contributed by atoms with Crippen molar-refractivity contribution >= 4 is 38.9 Å². The number of aliphatic hydroxyl groups is 1. The number of sulfone groups is 1. The monoisotopic (exact) mass is 449 g/mol. The average Bonchev–Trinajstić information content (AvgIpc) is 3.19. The van der Waals surface area contributed by atoms with Crippen LogP contribution in [0.5, 0.6) is 0 Å². The number of benzene rings is 2. The highest BCUT2D eigenvalue weighted by Crippen LogP contribution is 2.43. The van der Waals surface area contributed by atoms with Gasteiger partial charge in [-0.2, -0.15) is 0 Å². The van der Waals surface area contributed by atoms with Crippen LogP contribution in [0.15, 0.2) is 54.1 Å². The molecule has 2 fully saturated rings. The van der Waals surface area contributed by atoms with E-state index in [1.807, 2.05) is 0 Å². The minimum absolute atomic E-state index is 0.0107. The van der Waals surface area contributed by atoms with Crippen LogP contribution in [0, 0.1) is 5.82 Å². The molecule has 0 bridgehead atoms. The number of hydrogen-bond acceptors (Lipinski definition) is 5. The minimum atomic E-state index is -3.38. The summed E-state index contributed by atoms with van der Waals surface area (Å²) < 4.78 is 38.7. The van der Waals surface area contributed by atoms with Crippen molar-refractivity contribution in [2.45, 2.75) is 18.5 Å². The van der Waals surface area contributed by atoms with E-state index in [2.05, 4.69) is 0 Å². The lowest BCUT2D eigenvalue weighted by molar-refractivity contribution is -0.141. The molecule has 2 aliphatic heterocycles. The van der Waals surface area contributed by atoms with Gasteiger partial charge in [0.15, 0.2) is 9.84 Å². The maximum Gasteiger partial charge on any atom is 0.295 e. The van der Waals surface area contributed by atoms with Crippen LogP contribution in [0.2, 0.25) is 5.02 Å². The van der Waals surface area contributed by atoms with Gasteiger partial charge in [0.25, 0.3) is 11.7 Å². The van der Waals surface area contributed by atoms with E-state index in [-0.39, 0.29) is 34.6 Å². The number of amides is 1. The topological polar surface area (TPSA) is 91.8 Å². The molecule has 156 valence electrons. The fraction of sp³-hybridized carbons (Fsp3) is 0.238. The van der Waals surface area contributed by atoms with Crippen LogP contribution in [0.4, 0.5) is 4.39 Å². The molecule has 2 aromatic carbocycles. The zero-order valence-corrected chi connectivity index (χ0v) is 17.2. The fourth-order valence-corrected chi connectivity index (χ4v) is 5.82. The number of hydrogen-bond donors (Lipinski definition) is 1. The van der Waals surface area contributed by atoms with Crippen LogP contribution in [0.25, 0.3) is 5.76 Å². The first kappa shape index (κ1) is 20.6. The fourth-order valence-electron chi connectivity index (χ4n) is 3.99. The molecular weight excluding hydrogens is 433 g/mol. The molecule has 2 unspecified atom stereocenters. The molecule has 2 aromatic rings. The first-order valence-electron chi connectivity index (χ1n) is 9.20. The predicted octanol–water partition coefficient (Wildman–Crippen LogP) is 3.09. The summed E-state index contributed by atoms with van der Waals surface area (Å²) in [6.45, 7) is 0. The van der Waals surface area contributed by atoms with Gasteiger partial charge in [-0.05, 0) is 36.8 Å². The van der Waals surface area contributed by atoms with Gasteiger partial charge >= 0.3 is 0 Å². The van der Waals surface area contributed by atoms with Crippen LogP contribution in [-0.4, -0.2) is 47.7 Å². The van der Waals surface area contributed by atoms with Crippen molar-refractivity contribution in [3.8, 4) is 0 Å². The number of rotatable bonds is 3. The summed E-state index contributed by atoms with van der Waals surface area (Å²) in [5.41, 5.74) is -0.0361. The van der Waals surface area contributed by atoms with Gasteiger partial charge in [0.05, 0.1) is 23.1 Å². The number of halogens is 2. The summed E-state index contributed by atoms with van der Waals surface area (Å²) in [5.74, 6) is -3.52. The van der Waals surface area contributed by atoms with Crippen molar-refractivity contribution in [2.75, 3.05) is 11.5 Å². The smallest absolute Gasteiger partial charge is 0.295 e. The molecule has 9 heteroatoms. The summed E-state index contributed by atoms with van der Waals surface area (Å²) in [7, 11) is -3.38. The molecule has 2 saturated heterocycles. The number of ketones is 1. The van der Waals surface area contributed by atoms with Gasteiger partial charge in [-0.1, -0.05) is 29.8 Å². The van der Waals surface area contributed by atoms with Gasteiger partial charge in [0.1, 0.15) is 11.6 Å². The highest BCUT2D eigenvalue weighted by atomic mass is 35.5. The van der Waals surface area contributed by atoms with Gasteiger partial charge in [0.2, 0.25) is 0 Å². The third kappa shape index (κ3) is 3.50. The van der Waals surface area contributed by atoms with Gasteiger partial charge < -0.3 is 10.0 Å². The molecule has 30 heavy (non-hydrogen) atoms. The van der Waals surface area contributed by atoms with Crippen LogP contribution in [-0.2, 0) is 19.4 Å². The number of aliphatic hydroxyl groups excluding tert-OH is 1. The second-order valence-electron chi connectivity index (χ2n) is 7.29. The van der Waals surface area contributed by atoms with Crippen LogP contribution >= 0.6 is 11.6 Å². The molecule has 0 radical (unpaired) electrons. The standard InChI is InChI=1S/C21H17ClFNO5S/c22-13-7-5-12(6-8-13)19(25)17-18(15-3-1-2-4-16(15)23)24(21(27)20(17)26)14-9-10-30(28,29)11-14/h1-8,14,18,25H,9-11H2. The van der Waals surface area contributed by atoms with Gasteiger partial charge in [0, 0.05) is 22.2 Å². The van der Waals surface area contributed by atoms with Gasteiger partial charge in [-0.15, -0.1) is 0 Å². The third-order valence-corrected chi connectivity index (χ3v) is 7.40. The molecule has 1 N–H and O–H groups in total. The first-order chi connectivity index (χ1) is 14.2.